The Morgan fingerprint density at radius 2 is 1.39 bits per heavy atom. The van der Waals surface area contributed by atoms with Crippen molar-refractivity contribution in [2.75, 3.05) is 0 Å². The Morgan fingerprint density at radius 1 is 0.816 bits per heavy atom. The predicted octanol–water partition coefficient (Wildman–Crippen LogP) is 13.0. The van der Waals surface area contributed by atoms with Gasteiger partial charge >= 0.3 is 288 Å². The standard InChI is InChI=1S/C25H25.C13H21.C6H5.CH3.CH2.2ClH.Zr/c1-14-12-24(3,4)22-8-16-7-17-9-23-19(15(2)13-25(23,5)6)11-21(17)20(16)10-18(14)22;1-6-10-8-11(7-2)12(9-10)13(3,4)5;1-2-4-6-5-3-1;;;;;/h8-12H,7H2,1-6H3;9-10H,6-7H2,1-5H3;1-5H;1H3;1H2;2*1H;. The van der Waals surface area contributed by atoms with Crippen molar-refractivity contribution in [3.05, 3.63) is 118 Å². The molecule has 0 saturated carbocycles. The number of halogens is 2. The van der Waals surface area contributed by atoms with E-state index >= 15 is 0 Å². The third kappa shape index (κ3) is 5.18. The van der Waals surface area contributed by atoms with Gasteiger partial charge in [-0.1, -0.05) is 0 Å². The fourth-order valence-corrected chi connectivity index (χ4v) is 29.2. The van der Waals surface area contributed by atoms with Gasteiger partial charge < -0.3 is 0 Å². The quantitative estimate of drug-likeness (QED) is 0.190. The van der Waals surface area contributed by atoms with Crippen LogP contribution in [-0.4, -0.2) is 4.21 Å². The van der Waals surface area contributed by atoms with Crippen molar-refractivity contribution >= 4 is 43.4 Å². The summed E-state index contributed by atoms with van der Waals surface area (Å²) in [7, 11) is 0. The predicted molar refractivity (Wildman–Crippen MR) is 219 cm³/mol. The van der Waals surface area contributed by atoms with Crippen LogP contribution in [-0.2, 0) is 35.5 Å². The molecule has 3 heteroatoms. The Labute approximate surface area is 310 Å². The minimum absolute atomic E-state index is 0. The van der Waals surface area contributed by atoms with E-state index in [1.807, 2.05) is 0 Å². The number of hydrogen-bond donors (Lipinski definition) is 0. The number of rotatable bonds is 5. The van der Waals surface area contributed by atoms with E-state index in [-0.39, 0.29) is 41.1 Å². The Balaban J connectivity index is 0.00000234. The molecule has 0 spiro atoms. The number of hydrogen-bond acceptors (Lipinski definition) is 0. The van der Waals surface area contributed by atoms with Gasteiger partial charge in [-0.05, 0) is 0 Å². The summed E-state index contributed by atoms with van der Waals surface area (Å²) in [5, 5.41) is 0. The van der Waals surface area contributed by atoms with Crippen LogP contribution in [0.1, 0.15) is 122 Å². The SMILES string of the molecule is Cl.Cl.[CH2]=[Zr]([CH3])([C]1=C(CC)C(C(C)(C)C)=CC1CC)([C]1=C(C)c2cc3c(cc2C1(C)C)Cc1cc2c(cc1-3)C(C)=CC2(C)C)[c]1ccccc1. The Morgan fingerprint density at radius 3 is 1.94 bits per heavy atom. The third-order valence-corrected chi connectivity index (χ3v) is 28.6. The van der Waals surface area contributed by atoms with Crippen molar-refractivity contribution in [1.29, 1.82) is 0 Å². The van der Waals surface area contributed by atoms with Crippen molar-refractivity contribution < 1.29 is 18.3 Å². The summed E-state index contributed by atoms with van der Waals surface area (Å²) in [5.74, 6) is 0.437. The summed E-state index contributed by atoms with van der Waals surface area (Å²) in [6.07, 6.45) is 8.33. The van der Waals surface area contributed by atoms with E-state index in [0.717, 1.165) is 19.3 Å². The van der Waals surface area contributed by atoms with Crippen molar-refractivity contribution in [2.45, 2.75) is 111 Å². The second kappa shape index (κ2) is 12.0. The Bertz CT molecular complexity index is 2090. The maximum atomic E-state index is 5.71. The average molecular weight is 773 g/mol. The van der Waals surface area contributed by atoms with Crippen LogP contribution in [0.15, 0.2) is 84.5 Å². The van der Waals surface area contributed by atoms with Gasteiger partial charge in [0.05, 0.1) is 0 Å². The fraction of sp³-hybridized carbons (Fsp3) is 0.413. The number of fused-ring (bicyclic) bond motifs is 5. The maximum absolute atomic E-state index is 5.71. The molecule has 0 saturated heterocycles. The van der Waals surface area contributed by atoms with Gasteiger partial charge in [-0.15, -0.1) is 24.8 Å². The Hall–Kier alpha value is -2.05. The van der Waals surface area contributed by atoms with Crippen molar-refractivity contribution in [2.24, 2.45) is 11.3 Å². The van der Waals surface area contributed by atoms with Crippen molar-refractivity contribution in [3.8, 4) is 11.1 Å². The average Bonchev–Trinajstić information content (AvgIpc) is 3.69. The van der Waals surface area contributed by atoms with Crippen molar-refractivity contribution in [1.82, 2.24) is 0 Å². The first-order valence-electron chi connectivity index (χ1n) is 18.2. The van der Waals surface area contributed by atoms with Gasteiger partial charge in [-0.2, -0.15) is 0 Å². The molecule has 3 aromatic carbocycles. The van der Waals surface area contributed by atoms with Crippen LogP contribution < -0.4 is 3.27 Å². The minimum atomic E-state index is -4.48. The van der Waals surface area contributed by atoms with Gasteiger partial charge in [0, 0.05) is 0 Å². The van der Waals surface area contributed by atoms with Crippen LogP contribution in [0.4, 0.5) is 0 Å². The summed E-state index contributed by atoms with van der Waals surface area (Å²) in [6, 6.07) is 21.8. The molecule has 0 N–H and O–H groups in total. The van der Waals surface area contributed by atoms with Crippen LogP contribution in [0.3, 0.4) is 0 Å². The summed E-state index contributed by atoms with van der Waals surface area (Å²) < 4.78 is 13.3. The zero-order valence-corrected chi connectivity index (χ0v) is 36.2. The molecular weight excluding hydrogens is 715 g/mol. The van der Waals surface area contributed by atoms with Gasteiger partial charge in [0.1, 0.15) is 0 Å². The molecule has 7 rings (SSSR count). The summed E-state index contributed by atoms with van der Waals surface area (Å²) in [6.45, 7) is 26.5. The molecule has 0 amide bonds. The summed E-state index contributed by atoms with van der Waals surface area (Å²) >= 11 is -4.48. The summed E-state index contributed by atoms with van der Waals surface area (Å²) in [4.78, 5) is 0. The van der Waals surface area contributed by atoms with E-state index in [4.69, 9.17) is 4.21 Å². The van der Waals surface area contributed by atoms with Gasteiger partial charge in [-0.3, -0.25) is 0 Å². The van der Waals surface area contributed by atoms with Crippen molar-refractivity contribution in [3.63, 3.8) is 0 Å². The zero-order valence-electron chi connectivity index (χ0n) is 32.1. The first-order chi connectivity index (χ1) is 21.9. The fourth-order valence-electron chi connectivity index (χ4n) is 11.2. The van der Waals surface area contributed by atoms with E-state index in [2.05, 4.69) is 148 Å². The molecule has 3 aromatic rings. The molecule has 0 radical (unpaired) electrons. The number of benzene rings is 3. The molecule has 0 heterocycles. The second-order valence-electron chi connectivity index (χ2n) is 17.9. The number of allylic oxidation sites excluding steroid dienone is 8. The Kier molecular flexibility index (Phi) is 9.36. The van der Waals surface area contributed by atoms with E-state index in [1.165, 1.54) is 58.9 Å². The molecule has 4 aliphatic carbocycles. The molecule has 0 aromatic heterocycles. The monoisotopic (exact) mass is 770 g/mol. The summed E-state index contributed by atoms with van der Waals surface area (Å²) in [5.41, 5.74) is 18.0. The van der Waals surface area contributed by atoms with E-state index in [1.54, 1.807) is 17.7 Å². The van der Waals surface area contributed by atoms with Crippen LogP contribution in [0.25, 0.3) is 22.3 Å². The topological polar surface area (TPSA) is 0 Å². The molecule has 0 fully saturated rings. The molecular formula is C46H58Cl2Zr. The van der Waals surface area contributed by atoms with Crippen LogP contribution in [0.2, 0.25) is 4.63 Å². The molecule has 0 nitrogen and oxygen atoms in total. The normalized spacial score (nSPS) is 20.2. The van der Waals surface area contributed by atoms with Crippen LogP contribution in [0, 0.1) is 11.3 Å². The first kappa shape index (κ1) is 38.2. The molecule has 1 atom stereocenters. The second-order valence-corrected chi connectivity index (χ2v) is 31.8. The molecule has 0 bridgehead atoms. The van der Waals surface area contributed by atoms with Gasteiger partial charge in [0.15, 0.2) is 0 Å². The third-order valence-electron chi connectivity index (χ3n) is 12.9. The van der Waals surface area contributed by atoms with Gasteiger partial charge in [0.2, 0.25) is 0 Å². The van der Waals surface area contributed by atoms with E-state index < -0.39 is 18.3 Å². The molecule has 4 aliphatic rings. The van der Waals surface area contributed by atoms with Gasteiger partial charge in [-0.25, -0.2) is 0 Å². The zero-order chi connectivity index (χ0) is 34.1. The van der Waals surface area contributed by atoms with Crippen LogP contribution >= 0.6 is 24.8 Å². The molecule has 260 valence electrons. The first-order valence-corrected chi connectivity index (χ1v) is 26.1. The van der Waals surface area contributed by atoms with E-state index in [9.17, 15) is 0 Å². The molecule has 1 unspecified atom stereocenters. The van der Waals surface area contributed by atoms with Gasteiger partial charge in [0.25, 0.3) is 0 Å². The van der Waals surface area contributed by atoms with E-state index in [0.29, 0.717) is 5.92 Å². The molecule has 0 aliphatic heterocycles. The van der Waals surface area contributed by atoms with Crippen LogP contribution in [0.5, 0.6) is 0 Å². The molecule has 49 heavy (non-hydrogen) atoms.